The Morgan fingerprint density at radius 2 is 1.96 bits per heavy atom. The minimum Gasteiger partial charge on any atom is -0.497 e. The number of fused-ring (bicyclic) bond motifs is 1. The summed E-state index contributed by atoms with van der Waals surface area (Å²) in [6, 6.07) is 8.63. The van der Waals surface area contributed by atoms with E-state index in [1.807, 2.05) is 6.07 Å². The van der Waals surface area contributed by atoms with Crippen LogP contribution < -0.4 is 10.1 Å². The van der Waals surface area contributed by atoms with Gasteiger partial charge in [0.15, 0.2) is 11.9 Å². The van der Waals surface area contributed by atoms with Crippen LogP contribution in [0.15, 0.2) is 34.9 Å². The van der Waals surface area contributed by atoms with Gasteiger partial charge >= 0.3 is 5.97 Å². The Kier molecular flexibility index (Phi) is 5.07. The summed E-state index contributed by atoms with van der Waals surface area (Å²) in [5.41, 5.74) is 1.53. The number of carbonyl (C=O) groups is 2. The van der Waals surface area contributed by atoms with Crippen LogP contribution in [-0.2, 0) is 9.53 Å². The van der Waals surface area contributed by atoms with E-state index in [-0.39, 0.29) is 11.4 Å². The first-order valence-corrected chi connectivity index (χ1v) is 8.28. The standard InChI is InChI=1S/C19H19N3O5/c1-10-7-17(22-27-10)21-18(23)12(3)26-19(24)15-9-13-8-14(25-4)5-6-16(13)20-11(15)2/h5-9,12H,1-4H3,(H,21,22,23). The minimum absolute atomic E-state index is 0.260. The molecule has 1 unspecified atom stereocenters. The van der Waals surface area contributed by atoms with Crippen molar-refractivity contribution in [3.8, 4) is 5.75 Å². The summed E-state index contributed by atoms with van der Waals surface area (Å²) in [6.45, 7) is 4.90. The summed E-state index contributed by atoms with van der Waals surface area (Å²) in [4.78, 5) is 29.1. The van der Waals surface area contributed by atoms with Crippen molar-refractivity contribution in [2.75, 3.05) is 12.4 Å². The summed E-state index contributed by atoms with van der Waals surface area (Å²) >= 11 is 0. The maximum absolute atomic E-state index is 12.5. The number of hydrogen-bond acceptors (Lipinski definition) is 7. The molecule has 0 aliphatic carbocycles. The van der Waals surface area contributed by atoms with Gasteiger partial charge in [0.2, 0.25) is 0 Å². The van der Waals surface area contributed by atoms with Crippen molar-refractivity contribution in [2.24, 2.45) is 0 Å². The van der Waals surface area contributed by atoms with Crippen LogP contribution in [0.1, 0.15) is 28.7 Å². The van der Waals surface area contributed by atoms with Gasteiger partial charge in [-0.1, -0.05) is 5.16 Å². The van der Waals surface area contributed by atoms with Gasteiger partial charge in [0, 0.05) is 11.5 Å². The third-order valence-corrected chi connectivity index (χ3v) is 3.96. The summed E-state index contributed by atoms with van der Waals surface area (Å²) in [5, 5.41) is 6.93. The van der Waals surface area contributed by atoms with Gasteiger partial charge in [-0.05, 0) is 45.0 Å². The molecular weight excluding hydrogens is 350 g/mol. The fraction of sp³-hybridized carbons (Fsp3) is 0.263. The molecule has 140 valence electrons. The van der Waals surface area contributed by atoms with Crippen molar-refractivity contribution in [2.45, 2.75) is 26.9 Å². The van der Waals surface area contributed by atoms with E-state index in [9.17, 15) is 9.59 Å². The fourth-order valence-electron chi connectivity index (χ4n) is 2.52. The van der Waals surface area contributed by atoms with Crippen molar-refractivity contribution in [1.29, 1.82) is 0 Å². The molecule has 0 radical (unpaired) electrons. The molecule has 0 aliphatic rings. The number of anilines is 1. The normalized spacial score (nSPS) is 11.9. The highest BCUT2D eigenvalue weighted by Gasteiger charge is 2.22. The molecule has 0 bridgehead atoms. The monoisotopic (exact) mass is 369 g/mol. The molecule has 0 spiro atoms. The molecule has 0 fully saturated rings. The van der Waals surface area contributed by atoms with Gasteiger partial charge in [-0.2, -0.15) is 0 Å². The maximum Gasteiger partial charge on any atom is 0.340 e. The van der Waals surface area contributed by atoms with Crippen molar-refractivity contribution in [1.82, 2.24) is 10.1 Å². The summed E-state index contributed by atoms with van der Waals surface area (Å²) in [7, 11) is 1.56. The smallest absolute Gasteiger partial charge is 0.340 e. The molecule has 8 heteroatoms. The fourth-order valence-corrected chi connectivity index (χ4v) is 2.52. The molecule has 8 nitrogen and oxygen atoms in total. The van der Waals surface area contributed by atoms with Crippen LogP contribution in [-0.4, -0.2) is 35.2 Å². The number of aryl methyl sites for hydroxylation is 2. The van der Waals surface area contributed by atoms with E-state index >= 15 is 0 Å². The molecule has 1 atom stereocenters. The summed E-state index contributed by atoms with van der Waals surface area (Å²) < 4.78 is 15.4. The summed E-state index contributed by atoms with van der Waals surface area (Å²) in [5.74, 6) is 0.329. The van der Waals surface area contributed by atoms with E-state index < -0.39 is 18.0 Å². The van der Waals surface area contributed by atoms with Crippen molar-refractivity contribution >= 4 is 28.6 Å². The van der Waals surface area contributed by atoms with Gasteiger partial charge in [0.05, 0.1) is 23.9 Å². The Bertz CT molecular complexity index is 1010. The molecule has 27 heavy (non-hydrogen) atoms. The number of nitrogens with zero attached hydrogens (tertiary/aromatic N) is 2. The molecule has 2 heterocycles. The number of carbonyl (C=O) groups excluding carboxylic acids is 2. The third kappa shape index (κ3) is 4.05. The van der Waals surface area contributed by atoms with Gasteiger partial charge in [-0.25, -0.2) is 4.79 Å². The molecule has 0 aliphatic heterocycles. The lowest BCUT2D eigenvalue weighted by Crippen LogP contribution is -2.30. The Morgan fingerprint density at radius 3 is 2.63 bits per heavy atom. The van der Waals surface area contributed by atoms with E-state index in [0.717, 1.165) is 10.9 Å². The highest BCUT2D eigenvalue weighted by Crippen LogP contribution is 2.22. The van der Waals surface area contributed by atoms with Crippen molar-refractivity contribution < 1.29 is 23.6 Å². The number of rotatable bonds is 5. The molecule has 3 rings (SSSR count). The van der Waals surface area contributed by atoms with Crippen LogP contribution in [0, 0.1) is 13.8 Å². The van der Waals surface area contributed by atoms with E-state index in [0.29, 0.717) is 17.2 Å². The lowest BCUT2D eigenvalue weighted by atomic mass is 10.1. The van der Waals surface area contributed by atoms with Gasteiger partial charge in [0.25, 0.3) is 5.91 Å². The topological polar surface area (TPSA) is 104 Å². The molecule has 3 aromatic rings. The number of nitrogens with one attached hydrogen (secondary N) is 1. The molecule has 0 saturated carbocycles. The number of amides is 1. The number of esters is 1. The average Bonchev–Trinajstić information content (AvgIpc) is 3.05. The van der Waals surface area contributed by atoms with Gasteiger partial charge in [-0.3, -0.25) is 9.78 Å². The predicted octanol–water partition coefficient (Wildman–Crippen LogP) is 3.03. The van der Waals surface area contributed by atoms with Crippen molar-refractivity contribution in [3.63, 3.8) is 0 Å². The van der Waals surface area contributed by atoms with Gasteiger partial charge in [0.1, 0.15) is 11.5 Å². The second kappa shape index (κ2) is 7.45. The van der Waals surface area contributed by atoms with Crippen LogP contribution in [0.2, 0.25) is 0 Å². The van der Waals surface area contributed by atoms with E-state index in [1.165, 1.54) is 6.92 Å². The SMILES string of the molecule is COc1ccc2nc(C)c(C(=O)OC(C)C(=O)Nc3cc(C)on3)cc2c1. The van der Waals surface area contributed by atoms with Crippen LogP contribution in [0.3, 0.4) is 0 Å². The zero-order chi connectivity index (χ0) is 19.6. The van der Waals surface area contributed by atoms with E-state index in [2.05, 4.69) is 15.5 Å². The van der Waals surface area contributed by atoms with Gasteiger partial charge < -0.3 is 19.3 Å². The number of pyridine rings is 1. The third-order valence-electron chi connectivity index (χ3n) is 3.96. The zero-order valence-electron chi connectivity index (χ0n) is 15.4. The van der Waals surface area contributed by atoms with Crippen LogP contribution in [0.5, 0.6) is 5.75 Å². The first-order chi connectivity index (χ1) is 12.9. The number of hydrogen-bond donors (Lipinski definition) is 1. The molecule has 0 saturated heterocycles. The molecule has 2 aromatic heterocycles. The van der Waals surface area contributed by atoms with Crippen LogP contribution >= 0.6 is 0 Å². The number of methoxy groups -OCH3 is 1. The zero-order valence-corrected chi connectivity index (χ0v) is 15.4. The largest absolute Gasteiger partial charge is 0.497 e. The predicted molar refractivity (Wildman–Crippen MR) is 97.8 cm³/mol. The Balaban J connectivity index is 1.76. The lowest BCUT2D eigenvalue weighted by molar-refractivity contribution is -0.123. The quantitative estimate of drug-likeness (QED) is 0.689. The van der Waals surface area contributed by atoms with E-state index in [1.54, 1.807) is 45.2 Å². The molecular formula is C19H19N3O5. The molecule has 1 aromatic carbocycles. The maximum atomic E-state index is 12.5. The first-order valence-electron chi connectivity index (χ1n) is 8.28. The van der Waals surface area contributed by atoms with Crippen LogP contribution in [0.4, 0.5) is 5.82 Å². The Morgan fingerprint density at radius 1 is 1.19 bits per heavy atom. The highest BCUT2D eigenvalue weighted by atomic mass is 16.5. The Hall–Kier alpha value is -3.42. The number of benzene rings is 1. The van der Waals surface area contributed by atoms with Gasteiger partial charge in [-0.15, -0.1) is 0 Å². The summed E-state index contributed by atoms with van der Waals surface area (Å²) in [6.07, 6.45) is -1.02. The number of aromatic nitrogens is 2. The second-order valence-corrected chi connectivity index (χ2v) is 6.04. The lowest BCUT2D eigenvalue weighted by Gasteiger charge is -2.13. The van der Waals surface area contributed by atoms with Crippen LogP contribution in [0.25, 0.3) is 10.9 Å². The average molecular weight is 369 g/mol. The molecule has 1 N–H and O–H groups in total. The van der Waals surface area contributed by atoms with E-state index in [4.69, 9.17) is 14.0 Å². The highest BCUT2D eigenvalue weighted by molar-refractivity contribution is 5.99. The first kappa shape index (κ1) is 18.4. The minimum atomic E-state index is -1.02. The Labute approximate surface area is 155 Å². The second-order valence-electron chi connectivity index (χ2n) is 6.04. The van der Waals surface area contributed by atoms with Crippen molar-refractivity contribution in [3.05, 3.63) is 47.3 Å². The molecule has 1 amide bonds. The number of ether oxygens (including phenoxy) is 2.